The van der Waals surface area contributed by atoms with Gasteiger partial charge in [0, 0.05) is 81.8 Å². The highest BCUT2D eigenvalue weighted by Gasteiger charge is 2.44. The van der Waals surface area contributed by atoms with E-state index in [0.717, 1.165) is 148 Å². The third kappa shape index (κ3) is 10.9. The van der Waals surface area contributed by atoms with Crippen molar-refractivity contribution < 1.29 is 9.13 Å². The summed E-state index contributed by atoms with van der Waals surface area (Å²) < 4.78 is 36.1. The van der Waals surface area contributed by atoms with Crippen molar-refractivity contribution in [1.82, 2.24) is 9.13 Å². The number of para-hydroxylation sites is 4. The zero-order valence-electron chi connectivity index (χ0n) is 59.4. The van der Waals surface area contributed by atoms with Crippen LogP contribution in [0, 0.1) is 0 Å². The number of benzene rings is 17. The Kier molecular flexibility index (Phi) is 16.1. The van der Waals surface area contributed by atoms with Gasteiger partial charge in [-0.15, -0.1) is 0 Å². The van der Waals surface area contributed by atoms with Crippen molar-refractivity contribution in [1.29, 1.82) is 0 Å². The lowest BCUT2D eigenvalue weighted by Crippen LogP contribution is -2.21. The second kappa shape index (κ2) is 26.9. The topological polar surface area (TPSA) is 47.2 Å². The average Bonchev–Trinajstić information content (AvgIpc) is 1.53. The van der Waals surface area contributed by atoms with E-state index in [1.165, 1.54) is 33.4 Å². The molecule has 0 bridgehead atoms. The maximum absolute atomic E-state index is 15.8. The Hall–Kier alpha value is -13.4. The fourth-order valence-electron chi connectivity index (χ4n) is 17.0. The van der Waals surface area contributed by atoms with Crippen molar-refractivity contribution >= 4 is 107 Å². The molecule has 4 heterocycles. The number of fused-ring (bicyclic) bond motifs is 14. The summed E-state index contributed by atoms with van der Waals surface area (Å²) >= 11 is 0. The van der Waals surface area contributed by atoms with Crippen molar-refractivity contribution in [3.63, 3.8) is 0 Å². The van der Waals surface area contributed by atoms with Gasteiger partial charge in [-0.25, -0.2) is 0 Å². The Morgan fingerprint density at radius 2 is 0.495 bits per heavy atom. The average molecular weight is 1430 g/mol. The first-order valence-electron chi connectivity index (χ1n) is 37.1. The number of nitrogens with zero attached hydrogens (tertiary/aromatic N) is 3. The van der Waals surface area contributed by atoms with Gasteiger partial charge in [0.2, 0.25) is 0 Å². The summed E-state index contributed by atoms with van der Waals surface area (Å²) in [5.74, 6) is 0. The first-order valence-corrected chi connectivity index (χ1v) is 40.5. The maximum atomic E-state index is 15.8. The van der Waals surface area contributed by atoms with Gasteiger partial charge in [-0.3, -0.25) is 0 Å². The van der Waals surface area contributed by atoms with E-state index in [1.54, 1.807) is 0 Å². The normalized spacial score (nSPS) is 14.6. The summed E-state index contributed by atoms with van der Waals surface area (Å²) in [6.45, 7) is 0. The van der Waals surface area contributed by atoms with Crippen LogP contribution in [0.1, 0.15) is 0 Å². The van der Waals surface area contributed by atoms with Crippen molar-refractivity contribution in [3.05, 3.63) is 419 Å². The molecule has 2 atom stereocenters. The van der Waals surface area contributed by atoms with Crippen LogP contribution in [0.5, 0.6) is 0 Å². The van der Waals surface area contributed by atoms with Gasteiger partial charge >= 0.3 is 0 Å². The minimum absolute atomic E-state index is 0.870. The molecule has 0 N–H and O–H groups in total. The molecule has 0 spiro atoms. The third-order valence-corrected chi connectivity index (χ3v) is 28.4. The quantitative estimate of drug-likeness (QED) is 0.115. The van der Waals surface area contributed by atoms with Crippen LogP contribution in [-0.4, -0.2) is 9.13 Å². The molecule has 2 aromatic heterocycles. The molecular weight excluding hydrogens is 1360 g/mol. The molecule has 2 aliphatic rings. The third-order valence-electron chi connectivity index (χ3n) is 22.0. The molecule has 5 nitrogen and oxygen atoms in total. The second-order valence-electron chi connectivity index (χ2n) is 28.1. The standard InChI is InChI=1S/C54H36NOP.C48H33N2OP/c56-57(46-18-8-3-9-19-46)52-23-13-11-20-47(52)48-32-33-51-53(54(48)57)49-21-10-12-22-50(49)55(51)45-30-28-41(29-31-45)44-35-42(38-16-6-2-7-17-38)34-43(36-44)40-26-24-39(25-27-40)37-14-4-1-5-15-37;51-52(40-18-8-3-9-19-40)46-23-13-11-20-41(46)42-32-33-45-47(48(42)52)43-21-10-12-22-44(43)50(45)39-30-26-35(27-31-39)34-24-28-38(29-25-34)49(36-14-4-1-5-15-36)37-16-6-2-7-17-37/h1-36H;1-33H. The Balaban J connectivity index is 0.000000144. The zero-order valence-corrected chi connectivity index (χ0v) is 61.2. The summed E-state index contributed by atoms with van der Waals surface area (Å²) in [5, 5.41) is 9.83. The number of hydrogen-bond donors (Lipinski definition) is 0. The van der Waals surface area contributed by atoms with Gasteiger partial charge in [-0.2, -0.15) is 0 Å². The smallest absolute Gasteiger partial charge is 0.172 e. The highest BCUT2D eigenvalue weighted by Crippen LogP contribution is 2.57. The Morgan fingerprint density at radius 1 is 0.211 bits per heavy atom. The predicted molar refractivity (Wildman–Crippen MR) is 460 cm³/mol. The van der Waals surface area contributed by atoms with E-state index in [1.807, 2.05) is 84.9 Å². The molecule has 2 unspecified atom stereocenters. The summed E-state index contributed by atoms with van der Waals surface area (Å²) in [6, 6.07) is 147. The molecule has 0 saturated heterocycles. The lowest BCUT2D eigenvalue weighted by molar-refractivity contribution is 0.592. The fourth-order valence-corrected chi connectivity index (χ4v) is 23.6. The van der Waals surface area contributed by atoms with Gasteiger partial charge in [0.1, 0.15) is 0 Å². The number of anilines is 3. The second-order valence-corrected chi connectivity index (χ2v) is 33.4. The summed E-state index contributed by atoms with van der Waals surface area (Å²) in [5.41, 5.74) is 25.8. The molecule has 2 aliphatic heterocycles. The molecule has 0 amide bonds. The maximum Gasteiger partial charge on any atom is 0.172 e. The minimum Gasteiger partial charge on any atom is -0.311 e. The molecule has 109 heavy (non-hydrogen) atoms. The first-order chi connectivity index (χ1) is 53.8. The largest absolute Gasteiger partial charge is 0.311 e. The highest BCUT2D eigenvalue weighted by atomic mass is 31.2. The molecule has 0 aliphatic carbocycles. The summed E-state index contributed by atoms with van der Waals surface area (Å²) in [6.07, 6.45) is 0. The highest BCUT2D eigenvalue weighted by molar-refractivity contribution is 7.87. The Bertz CT molecular complexity index is 6740. The lowest BCUT2D eigenvalue weighted by Gasteiger charge is -2.25. The SMILES string of the molecule is O=P1(c2ccccc2)c2ccccc2-c2ccc3c(c21)c1ccccc1n3-c1ccc(-c2cc(-c3ccccc3)cc(-c3ccc(-c4ccccc4)cc3)c2)cc1.O=P1(c2ccccc2)c2ccccc2-c2ccc3c(c21)c1ccccc1n3-c1ccc(-c2ccc(N(c3ccccc3)c3ccccc3)cc2)cc1. The van der Waals surface area contributed by atoms with E-state index in [2.05, 4.69) is 348 Å². The van der Waals surface area contributed by atoms with Crippen molar-refractivity contribution in [2.24, 2.45) is 0 Å². The van der Waals surface area contributed by atoms with Gasteiger partial charge in [0.15, 0.2) is 14.3 Å². The number of aromatic nitrogens is 2. The van der Waals surface area contributed by atoms with E-state index >= 15 is 9.13 Å². The molecular formula is C102H69N3O2P2. The number of hydrogen-bond acceptors (Lipinski definition) is 3. The molecule has 7 heteroatoms. The molecule has 0 radical (unpaired) electrons. The van der Waals surface area contributed by atoms with Crippen LogP contribution in [0.3, 0.4) is 0 Å². The molecule has 514 valence electrons. The van der Waals surface area contributed by atoms with E-state index in [9.17, 15) is 0 Å². The number of rotatable bonds is 12. The molecule has 19 aromatic rings. The summed E-state index contributed by atoms with van der Waals surface area (Å²) in [7, 11) is -6.32. The molecule has 0 saturated carbocycles. The molecule has 21 rings (SSSR count). The van der Waals surface area contributed by atoms with E-state index in [0.29, 0.717) is 0 Å². The van der Waals surface area contributed by atoms with E-state index < -0.39 is 14.3 Å². The Morgan fingerprint density at radius 3 is 0.890 bits per heavy atom. The fraction of sp³-hybridized carbons (Fsp3) is 0. The van der Waals surface area contributed by atoms with Gasteiger partial charge in [0.05, 0.1) is 22.1 Å². The monoisotopic (exact) mass is 1430 g/mol. The Labute approximate surface area is 633 Å². The van der Waals surface area contributed by atoms with E-state index in [4.69, 9.17) is 0 Å². The van der Waals surface area contributed by atoms with Gasteiger partial charge in [-0.1, -0.05) is 315 Å². The van der Waals surface area contributed by atoms with Crippen LogP contribution in [0.4, 0.5) is 17.1 Å². The summed E-state index contributed by atoms with van der Waals surface area (Å²) in [4.78, 5) is 2.28. The van der Waals surface area contributed by atoms with Crippen LogP contribution >= 0.6 is 14.3 Å². The minimum atomic E-state index is -3.17. The van der Waals surface area contributed by atoms with Gasteiger partial charge < -0.3 is 23.2 Å². The van der Waals surface area contributed by atoms with Crippen molar-refractivity contribution in [2.45, 2.75) is 0 Å². The van der Waals surface area contributed by atoms with E-state index in [-0.39, 0.29) is 0 Å². The van der Waals surface area contributed by atoms with Crippen LogP contribution in [-0.2, 0) is 9.13 Å². The van der Waals surface area contributed by atoms with Crippen LogP contribution < -0.4 is 36.7 Å². The first kappa shape index (κ1) is 65.1. The molecule has 0 fully saturated rings. The van der Waals surface area contributed by atoms with Gasteiger partial charge in [0.25, 0.3) is 0 Å². The predicted octanol–water partition coefficient (Wildman–Crippen LogP) is 24.6. The van der Waals surface area contributed by atoms with Crippen LogP contribution in [0.2, 0.25) is 0 Å². The van der Waals surface area contributed by atoms with Crippen molar-refractivity contribution in [3.8, 4) is 89.3 Å². The zero-order chi connectivity index (χ0) is 72.6. The van der Waals surface area contributed by atoms with Crippen LogP contribution in [0.15, 0.2) is 419 Å². The van der Waals surface area contributed by atoms with Gasteiger partial charge in [-0.05, 0) is 181 Å². The van der Waals surface area contributed by atoms with Crippen molar-refractivity contribution in [2.75, 3.05) is 4.90 Å². The lowest BCUT2D eigenvalue weighted by atomic mass is 9.92. The molecule has 17 aromatic carbocycles. The van der Waals surface area contributed by atoms with Crippen LogP contribution in [0.25, 0.3) is 133 Å².